The molecule has 0 aliphatic heterocycles. The second kappa shape index (κ2) is 6.66. The molecule has 0 aliphatic carbocycles. The Morgan fingerprint density at radius 3 is 2.69 bits per heavy atom. The first-order valence-electron chi connectivity index (χ1n) is 4.96. The van der Waals surface area contributed by atoms with Crippen LogP contribution in [-0.2, 0) is 27.3 Å². The number of esters is 1. The average molecular weight is 287 g/mol. The van der Waals surface area contributed by atoms with Crippen molar-refractivity contribution in [1.29, 1.82) is 0 Å². The summed E-state index contributed by atoms with van der Waals surface area (Å²) in [6.07, 6.45) is 0.615. The predicted molar refractivity (Wildman–Crippen MR) is 65.6 cm³/mol. The van der Waals surface area contributed by atoms with Gasteiger partial charge in [-0.15, -0.1) is 0 Å². The highest BCUT2D eigenvalue weighted by molar-refractivity contribution is 9.10. The minimum absolute atomic E-state index is 0.253. The van der Waals surface area contributed by atoms with Crippen LogP contribution in [0.4, 0.5) is 0 Å². The van der Waals surface area contributed by atoms with E-state index in [1.807, 2.05) is 24.3 Å². The molecule has 0 bridgehead atoms. The fourth-order valence-electron chi connectivity index (χ4n) is 1.43. The SMILES string of the molecule is COCc1cccc(CC(Br)C(=O)OC)c1. The van der Waals surface area contributed by atoms with E-state index in [0.717, 1.165) is 11.1 Å². The van der Waals surface area contributed by atoms with Crippen LogP contribution in [0.15, 0.2) is 24.3 Å². The molecule has 3 nitrogen and oxygen atoms in total. The van der Waals surface area contributed by atoms with Gasteiger partial charge in [-0.25, -0.2) is 0 Å². The standard InChI is InChI=1S/C12H15BrO3/c1-15-8-10-5-3-4-9(6-10)7-11(13)12(14)16-2/h3-6,11H,7-8H2,1-2H3. The van der Waals surface area contributed by atoms with Gasteiger partial charge >= 0.3 is 5.97 Å². The maximum Gasteiger partial charge on any atom is 0.319 e. The van der Waals surface area contributed by atoms with Gasteiger partial charge in [-0.05, 0) is 17.5 Å². The summed E-state index contributed by atoms with van der Waals surface area (Å²) in [6, 6.07) is 7.96. The maximum atomic E-state index is 11.2. The van der Waals surface area contributed by atoms with E-state index >= 15 is 0 Å². The molecule has 0 aliphatic rings. The van der Waals surface area contributed by atoms with Gasteiger partial charge in [0.1, 0.15) is 4.83 Å². The highest BCUT2D eigenvalue weighted by atomic mass is 79.9. The van der Waals surface area contributed by atoms with E-state index < -0.39 is 0 Å². The molecule has 88 valence electrons. The van der Waals surface area contributed by atoms with Crippen LogP contribution >= 0.6 is 15.9 Å². The lowest BCUT2D eigenvalue weighted by Crippen LogP contribution is -2.18. The number of hydrogen-bond acceptors (Lipinski definition) is 3. The minimum atomic E-state index is -0.296. The van der Waals surface area contributed by atoms with Crippen LogP contribution in [0.3, 0.4) is 0 Å². The van der Waals surface area contributed by atoms with Gasteiger partial charge in [-0.2, -0.15) is 0 Å². The molecule has 0 N–H and O–H groups in total. The number of ether oxygens (including phenoxy) is 2. The van der Waals surface area contributed by atoms with Crippen LogP contribution in [0.2, 0.25) is 0 Å². The Hall–Kier alpha value is -0.870. The van der Waals surface area contributed by atoms with Crippen molar-refractivity contribution in [1.82, 2.24) is 0 Å². The van der Waals surface area contributed by atoms with Crippen molar-refractivity contribution in [2.45, 2.75) is 17.9 Å². The third-order valence-corrected chi connectivity index (χ3v) is 2.87. The van der Waals surface area contributed by atoms with E-state index in [1.54, 1.807) is 7.11 Å². The predicted octanol–water partition coefficient (Wildman–Crippen LogP) is 2.31. The van der Waals surface area contributed by atoms with Crippen molar-refractivity contribution in [3.05, 3.63) is 35.4 Å². The van der Waals surface area contributed by atoms with E-state index in [0.29, 0.717) is 13.0 Å². The molecule has 4 heteroatoms. The Bertz CT molecular complexity index is 352. The summed E-state index contributed by atoms with van der Waals surface area (Å²) in [5.41, 5.74) is 2.19. The Morgan fingerprint density at radius 1 is 1.38 bits per heavy atom. The van der Waals surface area contributed by atoms with E-state index in [-0.39, 0.29) is 10.8 Å². The smallest absolute Gasteiger partial charge is 0.319 e. The molecule has 1 atom stereocenters. The van der Waals surface area contributed by atoms with Gasteiger partial charge in [-0.1, -0.05) is 40.2 Å². The van der Waals surface area contributed by atoms with Crippen molar-refractivity contribution in [2.75, 3.05) is 14.2 Å². The summed E-state index contributed by atoms with van der Waals surface area (Å²) in [4.78, 5) is 10.9. The summed E-state index contributed by atoms with van der Waals surface area (Å²) in [7, 11) is 3.05. The van der Waals surface area contributed by atoms with Gasteiger partial charge in [0, 0.05) is 7.11 Å². The largest absolute Gasteiger partial charge is 0.468 e. The summed E-state index contributed by atoms with van der Waals surface area (Å²) in [5, 5.41) is 0. The molecule has 0 heterocycles. The average Bonchev–Trinajstić information content (AvgIpc) is 2.29. The monoisotopic (exact) mass is 286 g/mol. The van der Waals surface area contributed by atoms with Crippen molar-refractivity contribution >= 4 is 21.9 Å². The highest BCUT2D eigenvalue weighted by Crippen LogP contribution is 2.13. The second-order valence-electron chi connectivity index (χ2n) is 3.45. The molecule has 16 heavy (non-hydrogen) atoms. The molecule has 0 saturated heterocycles. The van der Waals surface area contributed by atoms with Crippen LogP contribution in [-0.4, -0.2) is 25.0 Å². The molecule has 1 rings (SSSR count). The lowest BCUT2D eigenvalue weighted by molar-refractivity contribution is -0.139. The summed E-state index contributed by atoms with van der Waals surface area (Å²) < 4.78 is 9.70. The highest BCUT2D eigenvalue weighted by Gasteiger charge is 2.15. The van der Waals surface area contributed by atoms with Gasteiger partial charge in [0.05, 0.1) is 13.7 Å². The van der Waals surface area contributed by atoms with Crippen LogP contribution < -0.4 is 0 Å². The van der Waals surface area contributed by atoms with E-state index in [2.05, 4.69) is 20.7 Å². The lowest BCUT2D eigenvalue weighted by Gasteiger charge is -2.08. The van der Waals surface area contributed by atoms with Gasteiger partial charge in [0.15, 0.2) is 0 Å². The Labute approximate surface area is 104 Å². The third-order valence-electron chi connectivity index (χ3n) is 2.17. The Morgan fingerprint density at radius 2 is 2.06 bits per heavy atom. The van der Waals surface area contributed by atoms with Crippen LogP contribution in [0.5, 0.6) is 0 Å². The fourth-order valence-corrected chi connectivity index (χ4v) is 1.99. The summed E-state index contributed by atoms with van der Waals surface area (Å²) in [5.74, 6) is -0.253. The topological polar surface area (TPSA) is 35.5 Å². The van der Waals surface area contributed by atoms with Gasteiger partial charge in [-0.3, -0.25) is 4.79 Å². The molecule has 0 saturated carbocycles. The summed E-state index contributed by atoms with van der Waals surface area (Å²) in [6.45, 7) is 0.582. The first-order valence-corrected chi connectivity index (χ1v) is 5.87. The fraction of sp³-hybridized carbons (Fsp3) is 0.417. The van der Waals surface area contributed by atoms with Crippen molar-refractivity contribution in [3.63, 3.8) is 0 Å². The molecule has 1 aromatic rings. The maximum absolute atomic E-state index is 11.2. The number of rotatable bonds is 5. The Balaban J connectivity index is 2.66. The second-order valence-corrected chi connectivity index (χ2v) is 4.55. The Kier molecular flexibility index (Phi) is 5.49. The molecule has 0 aromatic heterocycles. The normalized spacial score (nSPS) is 12.2. The summed E-state index contributed by atoms with van der Waals surface area (Å²) >= 11 is 3.30. The molecule has 0 radical (unpaired) electrons. The molecule has 0 fully saturated rings. The first-order chi connectivity index (χ1) is 7.67. The molecule has 1 aromatic carbocycles. The van der Waals surface area contributed by atoms with Crippen molar-refractivity contribution in [2.24, 2.45) is 0 Å². The van der Waals surface area contributed by atoms with Crippen LogP contribution in [0.1, 0.15) is 11.1 Å². The number of carbonyl (C=O) groups excluding carboxylic acids is 1. The van der Waals surface area contributed by atoms with E-state index in [1.165, 1.54) is 7.11 Å². The van der Waals surface area contributed by atoms with Gasteiger partial charge in [0.2, 0.25) is 0 Å². The van der Waals surface area contributed by atoms with Crippen LogP contribution in [0, 0.1) is 0 Å². The lowest BCUT2D eigenvalue weighted by atomic mass is 10.1. The number of benzene rings is 1. The zero-order valence-corrected chi connectivity index (χ0v) is 11.0. The first kappa shape index (κ1) is 13.2. The zero-order chi connectivity index (χ0) is 12.0. The molecule has 1 unspecified atom stereocenters. The molecular weight excluding hydrogens is 272 g/mol. The van der Waals surface area contributed by atoms with E-state index in [4.69, 9.17) is 4.74 Å². The van der Waals surface area contributed by atoms with Crippen molar-refractivity contribution < 1.29 is 14.3 Å². The number of halogens is 1. The third kappa shape index (κ3) is 3.94. The number of alkyl halides is 1. The molecule has 0 spiro atoms. The zero-order valence-electron chi connectivity index (χ0n) is 9.40. The molecule has 0 amide bonds. The number of hydrogen-bond donors (Lipinski definition) is 0. The van der Waals surface area contributed by atoms with Gasteiger partial charge < -0.3 is 9.47 Å². The van der Waals surface area contributed by atoms with Crippen LogP contribution in [0.25, 0.3) is 0 Å². The van der Waals surface area contributed by atoms with Crippen molar-refractivity contribution in [3.8, 4) is 0 Å². The number of carbonyl (C=O) groups is 1. The quantitative estimate of drug-likeness (QED) is 0.616. The van der Waals surface area contributed by atoms with E-state index in [9.17, 15) is 4.79 Å². The minimum Gasteiger partial charge on any atom is -0.468 e. The number of methoxy groups -OCH3 is 2. The molecular formula is C12H15BrO3. The van der Waals surface area contributed by atoms with Gasteiger partial charge in [0.25, 0.3) is 0 Å².